The number of aromatic amines is 1. The third-order valence-electron chi connectivity index (χ3n) is 3.64. The van der Waals surface area contributed by atoms with Gasteiger partial charge in [-0.15, -0.1) is 0 Å². The molecule has 1 aromatic heterocycles. The second-order valence-electron chi connectivity index (χ2n) is 5.29. The van der Waals surface area contributed by atoms with Crippen molar-refractivity contribution >= 4 is 22.6 Å². The minimum Gasteiger partial charge on any atom is -0.483 e. The van der Waals surface area contributed by atoms with Crippen molar-refractivity contribution in [3.63, 3.8) is 0 Å². The summed E-state index contributed by atoms with van der Waals surface area (Å²) in [7, 11) is 0. The zero-order valence-electron chi connectivity index (χ0n) is 12.3. The number of hydrogen-bond donors (Lipinski definition) is 1. The van der Waals surface area contributed by atoms with Gasteiger partial charge in [0.2, 0.25) is 0 Å². The molecule has 1 N–H and O–H groups in total. The molecule has 1 atom stereocenters. The fourth-order valence-corrected chi connectivity index (χ4v) is 2.41. The van der Waals surface area contributed by atoms with Crippen molar-refractivity contribution in [1.82, 2.24) is 9.97 Å². The average Bonchev–Trinajstić information content (AvgIpc) is 2.86. The van der Waals surface area contributed by atoms with E-state index < -0.39 is 0 Å². The van der Waals surface area contributed by atoms with Crippen LogP contribution in [0.4, 0.5) is 0 Å². The highest BCUT2D eigenvalue weighted by Gasteiger charge is 2.13. The molecule has 0 amide bonds. The first-order chi connectivity index (χ1) is 10.0. The Kier molecular flexibility index (Phi) is 3.60. The van der Waals surface area contributed by atoms with Crippen molar-refractivity contribution in [2.45, 2.75) is 26.9 Å². The van der Waals surface area contributed by atoms with E-state index in [4.69, 9.17) is 16.3 Å². The maximum Gasteiger partial charge on any atom is 0.153 e. The Morgan fingerprint density at radius 2 is 1.90 bits per heavy atom. The van der Waals surface area contributed by atoms with Crippen molar-refractivity contribution in [3.05, 3.63) is 58.4 Å². The summed E-state index contributed by atoms with van der Waals surface area (Å²) in [6.07, 6.45) is -0.154. The van der Waals surface area contributed by atoms with Crippen molar-refractivity contribution in [2.24, 2.45) is 0 Å². The van der Waals surface area contributed by atoms with Gasteiger partial charge in [-0.2, -0.15) is 0 Å². The van der Waals surface area contributed by atoms with Gasteiger partial charge in [0.05, 0.1) is 11.0 Å². The van der Waals surface area contributed by atoms with Gasteiger partial charge in [0.15, 0.2) is 6.10 Å². The molecule has 0 radical (unpaired) electrons. The number of imidazole rings is 1. The summed E-state index contributed by atoms with van der Waals surface area (Å²) >= 11 is 5.99. The number of halogens is 1. The fraction of sp³-hybridized carbons (Fsp3) is 0.235. The summed E-state index contributed by atoms with van der Waals surface area (Å²) in [5.41, 5.74) is 4.29. The van der Waals surface area contributed by atoms with Gasteiger partial charge >= 0.3 is 0 Å². The van der Waals surface area contributed by atoms with Crippen LogP contribution < -0.4 is 4.74 Å². The Hall–Kier alpha value is -2.00. The van der Waals surface area contributed by atoms with Crippen molar-refractivity contribution in [3.8, 4) is 5.75 Å². The first kappa shape index (κ1) is 14.0. The van der Waals surface area contributed by atoms with Crippen LogP contribution in [-0.2, 0) is 0 Å². The largest absolute Gasteiger partial charge is 0.483 e. The van der Waals surface area contributed by atoms with Gasteiger partial charge in [-0.05, 0) is 62.2 Å². The number of rotatable bonds is 3. The van der Waals surface area contributed by atoms with E-state index in [0.717, 1.165) is 22.6 Å². The third-order valence-corrected chi connectivity index (χ3v) is 3.87. The van der Waals surface area contributed by atoms with Crippen LogP contribution in [0, 0.1) is 13.8 Å². The minimum absolute atomic E-state index is 0.154. The Morgan fingerprint density at radius 3 is 2.67 bits per heavy atom. The normalized spacial score (nSPS) is 12.6. The zero-order valence-corrected chi connectivity index (χ0v) is 13.0. The molecule has 21 heavy (non-hydrogen) atoms. The number of nitrogens with one attached hydrogen (secondary N) is 1. The Morgan fingerprint density at radius 1 is 1.10 bits per heavy atom. The molecule has 3 rings (SSSR count). The molecule has 0 unspecified atom stereocenters. The van der Waals surface area contributed by atoms with Crippen LogP contribution in [0.5, 0.6) is 5.75 Å². The summed E-state index contributed by atoms with van der Waals surface area (Å²) in [4.78, 5) is 7.81. The molecule has 0 aliphatic rings. The van der Waals surface area contributed by atoms with Crippen molar-refractivity contribution in [1.29, 1.82) is 0 Å². The van der Waals surface area contributed by atoms with E-state index in [9.17, 15) is 0 Å². The van der Waals surface area contributed by atoms with Crippen molar-refractivity contribution < 1.29 is 4.74 Å². The molecule has 0 aliphatic heterocycles. The molecule has 1 heterocycles. The molecule has 4 heteroatoms. The lowest BCUT2D eigenvalue weighted by atomic mass is 10.1. The van der Waals surface area contributed by atoms with Gasteiger partial charge in [0, 0.05) is 5.02 Å². The van der Waals surface area contributed by atoms with Crippen LogP contribution in [0.1, 0.15) is 30.0 Å². The second kappa shape index (κ2) is 5.41. The molecule has 0 aliphatic carbocycles. The molecule has 2 aromatic carbocycles. The van der Waals surface area contributed by atoms with Gasteiger partial charge in [-0.25, -0.2) is 4.98 Å². The number of benzene rings is 2. The molecule has 0 bridgehead atoms. The summed E-state index contributed by atoms with van der Waals surface area (Å²) in [5.74, 6) is 1.65. The van der Waals surface area contributed by atoms with Crippen LogP contribution in [0.15, 0.2) is 36.4 Å². The Balaban J connectivity index is 1.85. The van der Waals surface area contributed by atoms with Gasteiger partial charge in [-0.1, -0.05) is 17.7 Å². The number of ether oxygens (including phenoxy) is 1. The molecule has 0 spiro atoms. The lowest BCUT2D eigenvalue weighted by Crippen LogP contribution is -2.05. The quantitative estimate of drug-likeness (QED) is 0.741. The summed E-state index contributed by atoms with van der Waals surface area (Å²) in [6.45, 7) is 6.15. The number of H-pyrrole nitrogens is 1. The molecule has 0 fully saturated rings. The summed E-state index contributed by atoms with van der Waals surface area (Å²) in [6, 6.07) is 11.7. The predicted octanol–water partition coefficient (Wildman–Crippen LogP) is 4.97. The van der Waals surface area contributed by atoms with Gasteiger partial charge in [0.25, 0.3) is 0 Å². The van der Waals surface area contributed by atoms with Crippen molar-refractivity contribution in [2.75, 3.05) is 0 Å². The van der Waals surface area contributed by atoms with Gasteiger partial charge < -0.3 is 9.72 Å². The van der Waals surface area contributed by atoms with Crippen LogP contribution in [0.2, 0.25) is 5.02 Å². The Bertz CT molecular complexity index is 795. The first-order valence-corrected chi connectivity index (χ1v) is 7.30. The molecule has 3 aromatic rings. The smallest absolute Gasteiger partial charge is 0.153 e. The van der Waals surface area contributed by atoms with E-state index in [1.54, 1.807) is 0 Å². The highest BCUT2D eigenvalue weighted by molar-refractivity contribution is 6.31. The number of fused-ring (bicyclic) bond motifs is 1. The topological polar surface area (TPSA) is 37.9 Å². The van der Waals surface area contributed by atoms with Gasteiger partial charge in [-0.3, -0.25) is 0 Å². The number of nitrogens with zero attached hydrogens (tertiary/aromatic N) is 1. The molecule has 0 saturated heterocycles. The number of hydrogen-bond acceptors (Lipinski definition) is 2. The minimum atomic E-state index is -0.154. The summed E-state index contributed by atoms with van der Waals surface area (Å²) < 4.78 is 5.97. The average molecular weight is 301 g/mol. The van der Waals surface area contributed by atoms with E-state index >= 15 is 0 Å². The maximum atomic E-state index is 5.99. The zero-order chi connectivity index (χ0) is 15.0. The Labute approximate surface area is 128 Å². The highest BCUT2D eigenvalue weighted by Crippen LogP contribution is 2.25. The van der Waals surface area contributed by atoms with E-state index in [2.05, 4.69) is 29.9 Å². The monoisotopic (exact) mass is 300 g/mol. The SMILES string of the molecule is Cc1ccc(O[C@H](C)c2nc3ccc(Cl)cc3[nH]2)cc1C. The molecule has 3 nitrogen and oxygen atoms in total. The molecular weight excluding hydrogens is 284 g/mol. The highest BCUT2D eigenvalue weighted by atomic mass is 35.5. The number of aryl methyl sites for hydroxylation is 2. The van der Waals surface area contributed by atoms with Crippen LogP contribution in [0.3, 0.4) is 0 Å². The summed E-state index contributed by atoms with van der Waals surface area (Å²) in [5, 5.41) is 0.695. The molecule has 0 saturated carbocycles. The fourth-order valence-electron chi connectivity index (χ4n) is 2.24. The molecular formula is C17H17ClN2O. The lowest BCUT2D eigenvalue weighted by molar-refractivity contribution is 0.218. The first-order valence-electron chi connectivity index (χ1n) is 6.92. The van der Waals surface area contributed by atoms with E-state index in [-0.39, 0.29) is 6.10 Å². The molecule has 108 valence electrons. The van der Waals surface area contributed by atoms with Crippen LogP contribution >= 0.6 is 11.6 Å². The van der Waals surface area contributed by atoms with Gasteiger partial charge in [0.1, 0.15) is 11.6 Å². The maximum absolute atomic E-state index is 5.99. The lowest BCUT2D eigenvalue weighted by Gasteiger charge is -2.13. The second-order valence-corrected chi connectivity index (χ2v) is 5.73. The standard InChI is InChI=1S/C17H17ClN2O/c1-10-4-6-14(8-11(10)2)21-12(3)17-19-15-7-5-13(18)9-16(15)20-17/h4-9,12H,1-3H3,(H,19,20)/t12-/m1/s1. The third kappa shape index (κ3) is 2.88. The van der Waals surface area contributed by atoms with Crippen LogP contribution in [0.25, 0.3) is 11.0 Å². The van der Waals surface area contributed by atoms with Crippen LogP contribution in [-0.4, -0.2) is 9.97 Å². The van der Waals surface area contributed by atoms with E-state index in [0.29, 0.717) is 5.02 Å². The van der Waals surface area contributed by atoms with E-state index in [1.165, 1.54) is 11.1 Å². The predicted molar refractivity (Wildman–Crippen MR) is 86.1 cm³/mol. The number of aromatic nitrogens is 2. The van der Waals surface area contributed by atoms with E-state index in [1.807, 2.05) is 37.3 Å².